The van der Waals surface area contributed by atoms with Crippen LogP contribution in [-0.2, 0) is 22.4 Å². The quantitative estimate of drug-likeness (QED) is 0.263. The summed E-state index contributed by atoms with van der Waals surface area (Å²) in [6.07, 6.45) is 14.4. The molecule has 1 fully saturated rings. The SMILES string of the molecule is Cc1cc(CCCCCCC2(C(=O)O)CC2)cc(CCCCCCC(C)(C)C(=O)O)c1C. The molecule has 1 aliphatic carbocycles. The lowest BCUT2D eigenvalue weighted by molar-refractivity contribution is -0.147. The molecule has 180 valence electrons. The summed E-state index contributed by atoms with van der Waals surface area (Å²) in [5.41, 5.74) is 4.69. The van der Waals surface area contributed by atoms with Crippen molar-refractivity contribution in [2.45, 2.75) is 118 Å². The second-order valence-corrected chi connectivity index (χ2v) is 10.8. The van der Waals surface area contributed by atoms with Gasteiger partial charge in [0.15, 0.2) is 0 Å². The van der Waals surface area contributed by atoms with Crippen LogP contribution in [0.3, 0.4) is 0 Å². The third kappa shape index (κ3) is 7.94. The van der Waals surface area contributed by atoms with Crippen molar-refractivity contribution in [3.63, 3.8) is 0 Å². The molecule has 1 aromatic rings. The smallest absolute Gasteiger partial charge is 0.309 e. The Morgan fingerprint density at radius 1 is 0.875 bits per heavy atom. The van der Waals surface area contributed by atoms with Crippen molar-refractivity contribution in [2.24, 2.45) is 10.8 Å². The maximum Gasteiger partial charge on any atom is 0.309 e. The van der Waals surface area contributed by atoms with Crippen molar-refractivity contribution in [2.75, 3.05) is 0 Å². The number of aryl methyl sites for hydroxylation is 3. The number of hydrogen-bond acceptors (Lipinski definition) is 2. The summed E-state index contributed by atoms with van der Waals surface area (Å²) < 4.78 is 0. The molecule has 2 N–H and O–H groups in total. The number of carbonyl (C=O) groups is 2. The van der Waals surface area contributed by atoms with Gasteiger partial charge in [0.25, 0.3) is 0 Å². The molecule has 0 bridgehead atoms. The van der Waals surface area contributed by atoms with E-state index in [1.807, 2.05) is 13.8 Å². The Labute approximate surface area is 194 Å². The average molecular weight is 445 g/mol. The van der Waals surface area contributed by atoms with E-state index < -0.39 is 17.4 Å². The molecular formula is C28H44O4. The largest absolute Gasteiger partial charge is 0.481 e. The van der Waals surface area contributed by atoms with Crippen molar-refractivity contribution in [1.29, 1.82) is 0 Å². The fraction of sp³-hybridized carbons (Fsp3) is 0.714. The maximum atomic E-state index is 11.2. The first-order chi connectivity index (χ1) is 15.1. The Kier molecular flexibility index (Phi) is 9.79. The van der Waals surface area contributed by atoms with Crippen LogP contribution in [0, 0.1) is 24.7 Å². The van der Waals surface area contributed by atoms with Crippen LogP contribution in [0.2, 0.25) is 0 Å². The topological polar surface area (TPSA) is 74.6 Å². The van der Waals surface area contributed by atoms with Gasteiger partial charge < -0.3 is 10.2 Å². The van der Waals surface area contributed by atoms with Gasteiger partial charge in [-0.3, -0.25) is 9.59 Å². The lowest BCUT2D eigenvalue weighted by atomic mass is 9.87. The highest BCUT2D eigenvalue weighted by molar-refractivity contribution is 5.77. The number of carboxylic acid groups (broad SMARTS) is 2. The predicted molar refractivity (Wildman–Crippen MR) is 130 cm³/mol. The van der Waals surface area contributed by atoms with Crippen molar-refractivity contribution >= 4 is 11.9 Å². The summed E-state index contributed by atoms with van der Waals surface area (Å²) in [5, 5.41) is 18.5. The first-order valence-corrected chi connectivity index (χ1v) is 12.6. The highest BCUT2D eigenvalue weighted by Gasteiger charge is 2.49. The van der Waals surface area contributed by atoms with Crippen LogP contribution in [0.1, 0.15) is 113 Å². The maximum absolute atomic E-state index is 11.2. The molecule has 0 aliphatic heterocycles. The minimum absolute atomic E-state index is 0.366. The molecule has 1 saturated carbocycles. The Morgan fingerprint density at radius 3 is 2.06 bits per heavy atom. The number of benzene rings is 1. The normalized spacial score (nSPS) is 15.0. The van der Waals surface area contributed by atoms with E-state index in [-0.39, 0.29) is 5.41 Å². The third-order valence-electron chi connectivity index (χ3n) is 7.59. The Morgan fingerprint density at radius 2 is 1.47 bits per heavy atom. The lowest BCUT2D eigenvalue weighted by Crippen LogP contribution is -2.23. The van der Waals surface area contributed by atoms with E-state index in [0.717, 1.165) is 77.0 Å². The number of aliphatic carboxylic acids is 2. The highest BCUT2D eigenvalue weighted by Crippen LogP contribution is 2.50. The molecule has 0 radical (unpaired) electrons. The zero-order chi connectivity index (χ0) is 23.8. The van der Waals surface area contributed by atoms with Gasteiger partial charge in [-0.15, -0.1) is 0 Å². The summed E-state index contributed by atoms with van der Waals surface area (Å²) in [4.78, 5) is 22.4. The molecule has 0 spiro atoms. The van der Waals surface area contributed by atoms with E-state index in [1.165, 1.54) is 35.1 Å². The Bertz CT molecular complexity index is 774. The lowest BCUT2D eigenvalue weighted by Gasteiger charge is -2.18. The molecule has 2 rings (SSSR count). The van der Waals surface area contributed by atoms with Crippen molar-refractivity contribution < 1.29 is 19.8 Å². The van der Waals surface area contributed by atoms with Crippen molar-refractivity contribution in [1.82, 2.24) is 0 Å². The van der Waals surface area contributed by atoms with Gasteiger partial charge in [-0.1, -0.05) is 50.7 Å². The van der Waals surface area contributed by atoms with Crippen molar-refractivity contribution in [3.05, 3.63) is 34.4 Å². The zero-order valence-electron chi connectivity index (χ0n) is 20.8. The molecule has 4 nitrogen and oxygen atoms in total. The molecule has 0 atom stereocenters. The van der Waals surface area contributed by atoms with Crippen LogP contribution < -0.4 is 0 Å². The van der Waals surface area contributed by atoms with Gasteiger partial charge in [0.05, 0.1) is 10.8 Å². The fourth-order valence-corrected chi connectivity index (χ4v) is 4.63. The first kappa shape index (κ1) is 26.4. The predicted octanol–water partition coefficient (Wildman–Crippen LogP) is 7.27. The Balaban J connectivity index is 1.68. The third-order valence-corrected chi connectivity index (χ3v) is 7.59. The van der Waals surface area contributed by atoms with Gasteiger partial charge in [-0.05, 0) is 101 Å². The second kappa shape index (κ2) is 11.9. The molecule has 32 heavy (non-hydrogen) atoms. The number of hydrogen-bond donors (Lipinski definition) is 2. The molecule has 4 heteroatoms. The van der Waals surface area contributed by atoms with Gasteiger partial charge >= 0.3 is 11.9 Å². The minimum atomic E-state index is -0.701. The standard InChI is InChI=1S/C28H44O4/c1-21-19-23(13-9-5-8-12-16-28(17-18-28)26(31)32)20-24(22(21)2)14-10-6-7-11-15-27(3,4)25(29)30/h19-20H,5-18H2,1-4H3,(H,29,30)(H,31,32). The van der Waals surface area contributed by atoms with Gasteiger partial charge in [0.1, 0.15) is 0 Å². The highest BCUT2D eigenvalue weighted by atomic mass is 16.4. The molecule has 0 saturated heterocycles. The van der Waals surface area contributed by atoms with Gasteiger partial charge in [-0.2, -0.15) is 0 Å². The van der Waals surface area contributed by atoms with Crippen LogP contribution in [0.25, 0.3) is 0 Å². The molecule has 0 amide bonds. The van der Waals surface area contributed by atoms with Gasteiger partial charge in [-0.25, -0.2) is 0 Å². The Hall–Kier alpha value is -1.84. The van der Waals surface area contributed by atoms with E-state index in [4.69, 9.17) is 0 Å². The molecule has 0 aromatic heterocycles. The number of unbranched alkanes of at least 4 members (excludes halogenated alkanes) is 6. The van der Waals surface area contributed by atoms with Crippen LogP contribution in [0.15, 0.2) is 12.1 Å². The van der Waals surface area contributed by atoms with Crippen LogP contribution >= 0.6 is 0 Å². The average Bonchev–Trinajstić information content (AvgIpc) is 3.51. The van der Waals surface area contributed by atoms with E-state index in [2.05, 4.69) is 26.0 Å². The summed E-state index contributed by atoms with van der Waals surface area (Å²) in [6.45, 7) is 8.05. The van der Waals surface area contributed by atoms with E-state index >= 15 is 0 Å². The molecule has 0 unspecified atom stereocenters. The molecule has 0 heterocycles. The van der Waals surface area contributed by atoms with Crippen molar-refractivity contribution in [3.8, 4) is 0 Å². The molecular weight excluding hydrogens is 400 g/mol. The second-order valence-electron chi connectivity index (χ2n) is 10.8. The first-order valence-electron chi connectivity index (χ1n) is 12.6. The van der Waals surface area contributed by atoms with Gasteiger partial charge in [0, 0.05) is 0 Å². The summed E-state index contributed by atoms with van der Waals surface area (Å²) in [5.74, 6) is -1.29. The van der Waals surface area contributed by atoms with E-state index in [9.17, 15) is 19.8 Å². The van der Waals surface area contributed by atoms with Crippen LogP contribution in [0.5, 0.6) is 0 Å². The van der Waals surface area contributed by atoms with E-state index in [0.29, 0.717) is 0 Å². The monoisotopic (exact) mass is 444 g/mol. The fourth-order valence-electron chi connectivity index (χ4n) is 4.63. The zero-order valence-corrected chi connectivity index (χ0v) is 20.8. The number of carboxylic acids is 2. The number of rotatable bonds is 16. The van der Waals surface area contributed by atoms with Crippen LogP contribution in [-0.4, -0.2) is 22.2 Å². The summed E-state index contributed by atoms with van der Waals surface area (Å²) in [6, 6.07) is 4.72. The van der Waals surface area contributed by atoms with E-state index in [1.54, 1.807) is 0 Å². The molecule has 1 aromatic carbocycles. The minimum Gasteiger partial charge on any atom is -0.481 e. The molecule has 1 aliphatic rings. The summed E-state index contributed by atoms with van der Waals surface area (Å²) >= 11 is 0. The van der Waals surface area contributed by atoms with Crippen LogP contribution in [0.4, 0.5) is 0 Å². The summed E-state index contributed by atoms with van der Waals surface area (Å²) in [7, 11) is 0. The van der Waals surface area contributed by atoms with Gasteiger partial charge in [0.2, 0.25) is 0 Å².